The largest absolute Gasteiger partial charge is 0.467 e. The van der Waals surface area contributed by atoms with Crippen molar-refractivity contribution in [1.29, 1.82) is 0 Å². The molecular formula is C24H33N3O5S2. The molecule has 1 fully saturated rings. The van der Waals surface area contributed by atoms with Crippen molar-refractivity contribution in [2.24, 2.45) is 0 Å². The van der Waals surface area contributed by atoms with Crippen LogP contribution in [-0.4, -0.2) is 73.3 Å². The van der Waals surface area contributed by atoms with Gasteiger partial charge in [0.25, 0.3) is 5.19 Å². The Balaban J connectivity index is 1.36. The monoisotopic (exact) mass is 507 g/mol. The fourth-order valence-corrected chi connectivity index (χ4v) is 6.65. The van der Waals surface area contributed by atoms with Crippen LogP contribution in [0.1, 0.15) is 51.5 Å². The number of amides is 1. The number of likely N-dealkylation sites (tertiary alicyclic amines) is 1. The molecule has 1 aromatic carbocycles. The molecule has 4 rings (SSSR count). The fraction of sp³-hybridized carbons (Fsp3) is 0.583. The molecule has 0 atom stereocenters. The van der Waals surface area contributed by atoms with E-state index in [2.05, 4.69) is 11.1 Å². The van der Waals surface area contributed by atoms with E-state index in [1.165, 1.54) is 16.9 Å². The molecule has 10 heteroatoms. The average Bonchev–Trinajstić information content (AvgIpc) is 3.24. The van der Waals surface area contributed by atoms with Gasteiger partial charge >= 0.3 is 6.09 Å². The first-order chi connectivity index (χ1) is 16.4. The van der Waals surface area contributed by atoms with Crippen molar-refractivity contribution in [3.05, 3.63) is 29.8 Å². The standard InChI is InChI=1S/C24H33N3O5S2/c1-3-15-31-24(28)26-11-9-20(10-12-26)32-23-25-21-6-5-19(17-22(21)33-23)18-7-13-27(14-8-18)34(29,30)16-4-2/h5-7,17,20H,3-4,8-16H2,1-2H3. The zero-order chi connectivity index (χ0) is 24.1. The molecule has 0 spiro atoms. The molecule has 0 saturated carbocycles. The average molecular weight is 508 g/mol. The molecule has 8 nitrogen and oxygen atoms in total. The van der Waals surface area contributed by atoms with Crippen LogP contribution in [0.3, 0.4) is 0 Å². The zero-order valence-electron chi connectivity index (χ0n) is 19.9. The molecule has 1 amide bonds. The second-order valence-electron chi connectivity index (χ2n) is 8.73. The van der Waals surface area contributed by atoms with Crippen molar-refractivity contribution >= 4 is 43.2 Å². The Kier molecular flexibility index (Phi) is 8.10. The molecular weight excluding hydrogens is 474 g/mol. The molecule has 2 aromatic rings. The summed E-state index contributed by atoms with van der Waals surface area (Å²) < 4.78 is 38.6. The van der Waals surface area contributed by atoms with Gasteiger partial charge in [-0.2, -0.15) is 4.31 Å². The quantitative estimate of drug-likeness (QED) is 0.522. The number of aromatic nitrogens is 1. The number of hydrogen-bond donors (Lipinski definition) is 0. The number of fused-ring (bicyclic) bond motifs is 1. The molecule has 1 aromatic heterocycles. The molecule has 0 N–H and O–H groups in total. The molecule has 0 aliphatic carbocycles. The number of hydrogen-bond acceptors (Lipinski definition) is 7. The van der Waals surface area contributed by atoms with E-state index in [1.54, 1.807) is 9.21 Å². The van der Waals surface area contributed by atoms with Crippen molar-refractivity contribution in [2.45, 2.75) is 52.1 Å². The second kappa shape index (κ2) is 11.0. The first-order valence-corrected chi connectivity index (χ1v) is 14.5. The Labute approximate surface area is 205 Å². The van der Waals surface area contributed by atoms with Crippen molar-refractivity contribution in [2.75, 3.05) is 38.5 Å². The topological polar surface area (TPSA) is 89.0 Å². The van der Waals surface area contributed by atoms with Crippen molar-refractivity contribution in [3.63, 3.8) is 0 Å². The van der Waals surface area contributed by atoms with Crippen molar-refractivity contribution < 1.29 is 22.7 Å². The summed E-state index contributed by atoms with van der Waals surface area (Å²) in [4.78, 5) is 18.4. The van der Waals surface area contributed by atoms with Gasteiger partial charge in [0.05, 0.1) is 22.6 Å². The van der Waals surface area contributed by atoms with Crippen LogP contribution in [0.2, 0.25) is 0 Å². The Morgan fingerprint density at radius 1 is 1.18 bits per heavy atom. The maximum atomic E-state index is 12.3. The third-order valence-electron chi connectivity index (χ3n) is 6.16. The lowest BCUT2D eigenvalue weighted by molar-refractivity contribution is 0.0677. The summed E-state index contributed by atoms with van der Waals surface area (Å²) in [5.41, 5.74) is 3.17. The SMILES string of the molecule is CCCOC(=O)N1CCC(Oc2nc3ccc(C4=CCN(S(=O)(=O)CCC)CC4)cc3s2)CC1. The number of rotatable bonds is 8. The van der Waals surface area contributed by atoms with Gasteiger partial charge in [-0.3, -0.25) is 0 Å². The highest BCUT2D eigenvalue weighted by atomic mass is 32.2. The molecule has 0 unspecified atom stereocenters. The predicted octanol–water partition coefficient (Wildman–Crippen LogP) is 4.52. The summed E-state index contributed by atoms with van der Waals surface area (Å²) in [6.45, 7) is 6.53. The number of nitrogens with zero attached hydrogens (tertiary/aromatic N) is 3. The molecule has 1 saturated heterocycles. The molecule has 2 aliphatic rings. The first-order valence-electron chi connectivity index (χ1n) is 12.1. The minimum absolute atomic E-state index is 0.0346. The van der Waals surface area contributed by atoms with E-state index in [0.29, 0.717) is 50.8 Å². The van der Waals surface area contributed by atoms with Gasteiger partial charge in [-0.1, -0.05) is 37.3 Å². The van der Waals surface area contributed by atoms with Crippen LogP contribution in [-0.2, 0) is 14.8 Å². The van der Waals surface area contributed by atoms with E-state index >= 15 is 0 Å². The summed E-state index contributed by atoms with van der Waals surface area (Å²) in [5.74, 6) is 0.202. The van der Waals surface area contributed by atoms with E-state index in [4.69, 9.17) is 9.47 Å². The van der Waals surface area contributed by atoms with Crippen molar-refractivity contribution in [3.8, 4) is 5.19 Å². The lowest BCUT2D eigenvalue weighted by Gasteiger charge is -2.30. The van der Waals surface area contributed by atoms with Gasteiger partial charge in [0.2, 0.25) is 10.0 Å². The highest BCUT2D eigenvalue weighted by molar-refractivity contribution is 7.89. The van der Waals surface area contributed by atoms with Crippen LogP contribution in [0.5, 0.6) is 5.19 Å². The van der Waals surface area contributed by atoms with Gasteiger partial charge in [0.15, 0.2) is 0 Å². The second-order valence-corrected chi connectivity index (χ2v) is 11.8. The summed E-state index contributed by atoms with van der Waals surface area (Å²) in [6, 6.07) is 6.17. The predicted molar refractivity (Wildman–Crippen MR) is 135 cm³/mol. The van der Waals surface area contributed by atoms with Gasteiger partial charge in [0, 0.05) is 39.0 Å². The van der Waals surface area contributed by atoms with E-state index in [1.807, 2.05) is 32.1 Å². The smallest absolute Gasteiger partial charge is 0.409 e. The van der Waals surface area contributed by atoms with Gasteiger partial charge in [-0.25, -0.2) is 18.2 Å². The first kappa shape index (κ1) is 24.9. The Morgan fingerprint density at radius 2 is 1.97 bits per heavy atom. The minimum Gasteiger partial charge on any atom is -0.467 e. The van der Waals surface area contributed by atoms with E-state index in [0.717, 1.165) is 35.0 Å². The lowest BCUT2D eigenvalue weighted by Crippen LogP contribution is -2.42. The Hall–Kier alpha value is -2.17. The third kappa shape index (κ3) is 5.90. The number of thiazole rings is 1. The van der Waals surface area contributed by atoms with Crippen molar-refractivity contribution in [1.82, 2.24) is 14.2 Å². The van der Waals surface area contributed by atoms with Crippen LogP contribution in [0.15, 0.2) is 24.3 Å². The molecule has 3 heterocycles. The van der Waals surface area contributed by atoms with E-state index in [9.17, 15) is 13.2 Å². The zero-order valence-corrected chi connectivity index (χ0v) is 21.5. The number of benzene rings is 1. The van der Waals surface area contributed by atoms with E-state index in [-0.39, 0.29) is 18.0 Å². The fourth-order valence-electron chi connectivity index (χ4n) is 4.29. The van der Waals surface area contributed by atoms with Gasteiger partial charge in [-0.15, -0.1) is 0 Å². The molecule has 186 valence electrons. The van der Waals surface area contributed by atoms with E-state index < -0.39 is 10.0 Å². The lowest BCUT2D eigenvalue weighted by atomic mass is 10.0. The molecule has 0 radical (unpaired) electrons. The van der Waals surface area contributed by atoms with Gasteiger partial charge in [-0.05, 0) is 42.5 Å². The number of carbonyl (C=O) groups excluding carboxylic acids is 1. The molecule has 2 aliphatic heterocycles. The van der Waals surface area contributed by atoms with Crippen LogP contribution in [0.25, 0.3) is 15.8 Å². The normalized spacial score (nSPS) is 18.2. The van der Waals surface area contributed by atoms with Crippen LogP contribution in [0, 0.1) is 0 Å². The third-order valence-corrected chi connectivity index (χ3v) is 9.12. The Bertz CT molecular complexity index is 1140. The summed E-state index contributed by atoms with van der Waals surface area (Å²) in [5, 5.41) is 0.647. The van der Waals surface area contributed by atoms with Crippen LogP contribution < -0.4 is 4.74 Å². The highest BCUT2D eigenvalue weighted by Crippen LogP contribution is 2.33. The maximum Gasteiger partial charge on any atom is 0.409 e. The highest BCUT2D eigenvalue weighted by Gasteiger charge is 2.26. The maximum absolute atomic E-state index is 12.3. The summed E-state index contributed by atoms with van der Waals surface area (Å²) in [6.07, 6.45) is 5.49. The number of sulfonamides is 1. The van der Waals surface area contributed by atoms with Gasteiger partial charge in [0.1, 0.15) is 6.10 Å². The number of piperidine rings is 1. The number of carbonyl (C=O) groups is 1. The summed E-state index contributed by atoms with van der Waals surface area (Å²) in [7, 11) is -3.16. The number of ether oxygens (including phenoxy) is 2. The minimum atomic E-state index is -3.16. The Morgan fingerprint density at radius 3 is 2.65 bits per heavy atom. The summed E-state index contributed by atoms with van der Waals surface area (Å²) >= 11 is 1.53. The van der Waals surface area contributed by atoms with Gasteiger partial charge < -0.3 is 14.4 Å². The molecule has 34 heavy (non-hydrogen) atoms. The van der Waals surface area contributed by atoms with Crippen LogP contribution >= 0.6 is 11.3 Å². The van der Waals surface area contributed by atoms with Crippen LogP contribution in [0.4, 0.5) is 4.79 Å². The molecule has 0 bridgehead atoms.